The van der Waals surface area contributed by atoms with E-state index in [0.717, 1.165) is 0 Å². The predicted molar refractivity (Wildman–Crippen MR) is 94.6 cm³/mol. The number of guanidine groups is 1. The van der Waals surface area contributed by atoms with Gasteiger partial charge in [-0.05, 0) is 12.1 Å². The molecule has 1 aliphatic rings. The molecule has 9 nitrogen and oxygen atoms in total. The molecule has 0 radical (unpaired) electrons. The van der Waals surface area contributed by atoms with Crippen molar-refractivity contribution in [3.8, 4) is 0 Å². The number of hydrogen-bond acceptors (Lipinski definition) is 5. The van der Waals surface area contributed by atoms with Crippen LogP contribution >= 0.6 is 0 Å². The lowest BCUT2D eigenvalue weighted by molar-refractivity contribution is -0.130. The Morgan fingerprint density at radius 2 is 1.92 bits per heavy atom. The van der Waals surface area contributed by atoms with Gasteiger partial charge in [0, 0.05) is 65.6 Å². The van der Waals surface area contributed by atoms with Crippen LogP contribution in [0.3, 0.4) is 0 Å². The van der Waals surface area contributed by atoms with Crippen molar-refractivity contribution in [2.75, 3.05) is 46.3 Å². The SMILES string of the molecule is CN=C(NCCNS(=O)(=O)c1cccnc1)N1CCN(C(C)=O)CC1. The summed E-state index contributed by atoms with van der Waals surface area (Å²) in [6, 6.07) is 3.07. The van der Waals surface area contributed by atoms with Crippen molar-refractivity contribution in [3.05, 3.63) is 24.5 Å². The van der Waals surface area contributed by atoms with E-state index in [9.17, 15) is 13.2 Å². The average Bonchev–Trinajstić information content (AvgIpc) is 2.62. The van der Waals surface area contributed by atoms with E-state index in [1.54, 1.807) is 24.9 Å². The zero-order chi connectivity index (χ0) is 18.3. The van der Waals surface area contributed by atoms with E-state index in [1.165, 1.54) is 18.5 Å². The molecule has 2 rings (SSSR count). The van der Waals surface area contributed by atoms with Crippen LogP contribution in [-0.4, -0.2) is 81.4 Å². The minimum atomic E-state index is -3.56. The van der Waals surface area contributed by atoms with E-state index >= 15 is 0 Å². The van der Waals surface area contributed by atoms with E-state index in [1.807, 2.05) is 0 Å². The lowest BCUT2D eigenvalue weighted by Crippen LogP contribution is -2.54. The Bertz CT molecular complexity index is 699. The third kappa shape index (κ3) is 5.40. The van der Waals surface area contributed by atoms with Crippen LogP contribution in [0.5, 0.6) is 0 Å². The highest BCUT2D eigenvalue weighted by atomic mass is 32.2. The molecule has 1 fully saturated rings. The fourth-order valence-corrected chi connectivity index (χ4v) is 3.51. The summed E-state index contributed by atoms with van der Waals surface area (Å²) < 4.78 is 26.7. The van der Waals surface area contributed by atoms with Gasteiger partial charge in [0.25, 0.3) is 0 Å². The van der Waals surface area contributed by atoms with E-state index in [-0.39, 0.29) is 17.3 Å². The molecule has 2 N–H and O–H groups in total. The van der Waals surface area contributed by atoms with E-state index in [4.69, 9.17) is 0 Å². The second-order valence-electron chi connectivity index (χ2n) is 5.55. The van der Waals surface area contributed by atoms with Crippen LogP contribution in [0, 0.1) is 0 Å². The molecule has 1 aliphatic heterocycles. The maximum absolute atomic E-state index is 12.1. The second-order valence-corrected chi connectivity index (χ2v) is 7.32. The molecule has 10 heteroatoms. The van der Waals surface area contributed by atoms with E-state index in [0.29, 0.717) is 38.7 Å². The number of nitrogens with one attached hydrogen (secondary N) is 2. The number of carbonyl (C=O) groups is 1. The number of piperazine rings is 1. The zero-order valence-electron chi connectivity index (χ0n) is 14.5. The summed E-state index contributed by atoms with van der Waals surface area (Å²) >= 11 is 0. The molecule has 1 amide bonds. The molecule has 0 aliphatic carbocycles. The van der Waals surface area contributed by atoms with Crippen LogP contribution in [0.1, 0.15) is 6.92 Å². The Morgan fingerprint density at radius 1 is 1.24 bits per heavy atom. The van der Waals surface area contributed by atoms with Gasteiger partial charge in [-0.25, -0.2) is 13.1 Å². The Balaban J connectivity index is 1.78. The molecular formula is C15H24N6O3S. The van der Waals surface area contributed by atoms with Crippen molar-refractivity contribution in [2.45, 2.75) is 11.8 Å². The molecule has 0 unspecified atom stereocenters. The first-order valence-electron chi connectivity index (χ1n) is 8.05. The van der Waals surface area contributed by atoms with Crippen molar-refractivity contribution in [1.29, 1.82) is 0 Å². The monoisotopic (exact) mass is 368 g/mol. The molecule has 1 saturated heterocycles. The third-order valence-corrected chi connectivity index (χ3v) is 5.33. The average molecular weight is 368 g/mol. The summed E-state index contributed by atoms with van der Waals surface area (Å²) in [6.07, 6.45) is 2.83. The number of hydrogen-bond donors (Lipinski definition) is 2. The number of aliphatic imine (C=N–C) groups is 1. The summed E-state index contributed by atoms with van der Waals surface area (Å²) in [6.45, 7) is 4.90. The molecule has 0 saturated carbocycles. The summed E-state index contributed by atoms with van der Waals surface area (Å²) in [5.41, 5.74) is 0. The van der Waals surface area contributed by atoms with Gasteiger partial charge in [-0.15, -0.1) is 0 Å². The molecule has 0 aromatic carbocycles. The highest BCUT2D eigenvalue weighted by molar-refractivity contribution is 7.89. The normalized spacial score (nSPS) is 16.0. The second kappa shape index (κ2) is 8.77. The van der Waals surface area contributed by atoms with Gasteiger partial charge in [-0.3, -0.25) is 14.8 Å². The fourth-order valence-electron chi connectivity index (χ4n) is 2.51. The van der Waals surface area contributed by atoms with Crippen molar-refractivity contribution in [2.24, 2.45) is 4.99 Å². The first kappa shape index (κ1) is 19.1. The van der Waals surface area contributed by atoms with Crippen LogP contribution in [-0.2, 0) is 14.8 Å². The van der Waals surface area contributed by atoms with Crippen molar-refractivity contribution < 1.29 is 13.2 Å². The number of sulfonamides is 1. The Kier molecular flexibility index (Phi) is 6.71. The number of amides is 1. The highest BCUT2D eigenvalue weighted by Gasteiger charge is 2.20. The van der Waals surface area contributed by atoms with Gasteiger partial charge in [-0.1, -0.05) is 0 Å². The molecule has 1 aromatic rings. The number of pyridine rings is 1. The number of carbonyl (C=O) groups excluding carboxylic acids is 1. The molecular weight excluding hydrogens is 344 g/mol. The molecule has 0 bridgehead atoms. The Labute approximate surface area is 148 Å². The standard InChI is InChI=1S/C15H24N6O3S/c1-13(22)20-8-10-21(11-9-20)15(16-2)18-6-7-19-25(23,24)14-4-3-5-17-12-14/h3-5,12,19H,6-11H2,1-2H3,(H,16,18). The quantitative estimate of drug-likeness (QED) is 0.396. The number of aromatic nitrogens is 1. The van der Waals surface area contributed by atoms with Crippen LogP contribution in [0.25, 0.3) is 0 Å². The Morgan fingerprint density at radius 3 is 2.48 bits per heavy atom. The van der Waals surface area contributed by atoms with Crippen LogP contribution < -0.4 is 10.0 Å². The van der Waals surface area contributed by atoms with Gasteiger partial charge in [0.1, 0.15) is 4.90 Å². The molecule has 2 heterocycles. The van der Waals surface area contributed by atoms with Crippen molar-refractivity contribution in [3.63, 3.8) is 0 Å². The summed E-state index contributed by atoms with van der Waals surface area (Å²) in [5, 5.41) is 3.14. The summed E-state index contributed by atoms with van der Waals surface area (Å²) in [4.78, 5) is 23.4. The van der Waals surface area contributed by atoms with Gasteiger partial charge < -0.3 is 15.1 Å². The first-order chi connectivity index (χ1) is 11.9. The molecule has 25 heavy (non-hydrogen) atoms. The third-order valence-electron chi connectivity index (χ3n) is 3.88. The topological polar surface area (TPSA) is 107 Å². The summed E-state index contributed by atoms with van der Waals surface area (Å²) in [7, 11) is -1.88. The van der Waals surface area contributed by atoms with Gasteiger partial charge in [-0.2, -0.15) is 0 Å². The lowest BCUT2D eigenvalue weighted by atomic mass is 10.3. The predicted octanol–water partition coefficient (Wildman–Crippen LogP) is -0.901. The van der Waals surface area contributed by atoms with Crippen LogP contribution in [0.2, 0.25) is 0 Å². The minimum Gasteiger partial charge on any atom is -0.355 e. The molecule has 0 spiro atoms. The highest BCUT2D eigenvalue weighted by Crippen LogP contribution is 2.05. The summed E-state index contributed by atoms with van der Waals surface area (Å²) in [5.74, 6) is 0.774. The largest absolute Gasteiger partial charge is 0.355 e. The zero-order valence-corrected chi connectivity index (χ0v) is 15.3. The van der Waals surface area contributed by atoms with Crippen molar-refractivity contribution >= 4 is 21.9 Å². The van der Waals surface area contributed by atoms with Crippen molar-refractivity contribution in [1.82, 2.24) is 24.8 Å². The fraction of sp³-hybridized carbons (Fsp3) is 0.533. The number of rotatable bonds is 5. The maximum Gasteiger partial charge on any atom is 0.242 e. The smallest absolute Gasteiger partial charge is 0.242 e. The van der Waals surface area contributed by atoms with Gasteiger partial charge in [0.15, 0.2) is 5.96 Å². The van der Waals surface area contributed by atoms with Gasteiger partial charge in [0.2, 0.25) is 15.9 Å². The number of nitrogens with zero attached hydrogens (tertiary/aromatic N) is 4. The van der Waals surface area contributed by atoms with E-state index < -0.39 is 10.0 Å². The van der Waals surface area contributed by atoms with E-state index in [2.05, 4.69) is 24.9 Å². The maximum atomic E-state index is 12.1. The molecule has 1 aromatic heterocycles. The lowest BCUT2D eigenvalue weighted by Gasteiger charge is -2.36. The molecule has 138 valence electrons. The van der Waals surface area contributed by atoms with Crippen LogP contribution in [0.4, 0.5) is 0 Å². The first-order valence-corrected chi connectivity index (χ1v) is 9.53. The molecule has 0 atom stereocenters. The minimum absolute atomic E-state index is 0.0763. The Hall–Kier alpha value is -2.20. The van der Waals surface area contributed by atoms with Crippen LogP contribution in [0.15, 0.2) is 34.4 Å². The van der Waals surface area contributed by atoms with Gasteiger partial charge >= 0.3 is 0 Å². The van der Waals surface area contributed by atoms with Gasteiger partial charge in [0.05, 0.1) is 0 Å².